The quantitative estimate of drug-likeness (QED) is 0.158. The number of rotatable bonds is 6. The zero-order chi connectivity index (χ0) is 23.2. The van der Waals surface area contributed by atoms with Gasteiger partial charge in [0.05, 0.1) is 22.7 Å². The minimum Gasteiger partial charge on any atom is -0.543 e. The Balaban J connectivity index is 0.00000306. The second-order valence-electron chi connectivity index (χ2n) is 7.21. The van der Waals surface area contributed by atoms with Gasteiger partial charge in [-0.1, -0.05) is 5.16 Å². The number of carbonyl (C=O) groups excluding carboxylic acids is 3. The number of nitrogen functional groups attached to an aromatic ring is 1. The summed E-state index contributed by atoms with van der Waals surface area (Å²) in [6.07, 6.45) is 0.732. The van der Waals surface area contributed by atoms with Gasteiger partial charge in [-0.2, -0.15) is 0 Å². The van der Waals surface area contributed by atoms with Crippen LogP contribution < -0.4 is 45.7 Å². The van der Waals surface area contributed by atoms with Crippen molar-refractivity contribution >= 4 is 61.6 Å². The molecule has 12 nitrogen and oxygen atoms in total. The van der Waals surface area contributed by atoms with E-state index >= 15 is 0 Å². The summed E-state index contributed by atoms with van der Waals surface area (Å²) in [5.41, 5.74) is 5.31. The van der Waals surface area contributed by atoms with E-state index in [-0.39, 0.29) is 63.2 Å². The molecule has 33 heavy (non-hydrogen) atoms. The number of aromatic nitrogens is 1. The molecule has 172 valence electrons. The summed E-state index contributed by atoms with van der Waals surface area (Å²) in [5.74, 6) is -2.98. The third-order valence-corrected chi connectivity index (χ3v) is 9.58. The Hall–Kier alpha value is -1.65. The van der Waals surface area contributed by atoms with Gasteiger partial charge < -0.3 is 25.8 Å². The first-order valence-electron chi connectivity index (χ1n) is 9.39. The predicted octanol–water partition coefficient (Wildman–Crippen LogP) is -4.94. The molecule has 4 heterocycles. The number of β-lactam (4-membered cyclic amide) rings is 1. The van der Waals surface area contributed by atoms with Gasteiger partial charge in [-0.3, -0.25) is 14.5 Å². The Morgan fingerprint density at radius 3 is 2.70 bits per heavy atom. The minimum absolute atomic E-state index is 0. The van der Waals surface area contributed by atoms with Crippen LogP contribution in [0.5, 0.6) is 0 Å². The first kappa shape index (κ1) is 26.0. The summed E-state index contributed by atoms with van der Waals surface area (Å²) < 4.78 is 24.7. The number of amides is 2. The van der Waals surface area contributed by atoms with Crippen LogP contribution in [0.4, 0.5) is 5.13 Å². The number of hydrogen-bond donors (Lipinski definition) is 2. The number of thioether (sulfide) groups is 1. The van der Waals surface area contributed by atoms with E-state index in [1.165, 1.54) is 24.3 Å². The van der Waals surface area contributed by atoms with Crippen LogP contribution in [0.2, 0.25) is 0 Å². The predicted molar refractivity (Wildman–Crippen MR) is 114 cm³/mol. The number of hydrogen-bond acceptors (Lipinski definition) is 12. The van der Waals surface area contributed by atoms with Crippen LogP contribution in [0.3, 0.4) is 0 Å². The molecule has 0 spiro atoms. The minimum atomic E-state index is -3.48. The summed E-state index contributed by atoms with van der Waals surface area (Å²) in [4.78, 5) is 47.1. The van der Waals surface area contributed by atoms with E-state index in [1.54, 1.807) is 0 Å². The number of carboxylic acids is 1. The molecule has 2 saturated heterocycles. The Kier molecular flexibility index (Phi) is 7.80. The van der Waals surface area contributed by atoms with Crippen molar-refractivity contribution in [1.29, 1.82) is 0 Å². The number of carboxylic acid groups (broad SMARTS) is 1. The first-order valence-corrected chi connectivity index (χ1v) is 13.0. The normalized spacial score (nSPS) is 26.2. The molecular formula is C17H18N5NaO7S3. The van der Waals surface area contributed by atoms with Gasteiger partial charge >= 0.3 is 29.6 Å². The van der Waals surface area contributed by atoms with Gasteiger partial charge in [0.2, 0.25) is 0 Å². The van der Waals surface area contributed by atoms with Crippen LogP contribution in [-0.4, -0.2) is 77.1 Å². The summed E-state index contributed by atoms with van der Waals surface area (Å²) in [5, 5.41) is 18.1. The maximum absolute atomic E-state index is 12.8. The number of oxime groups is 1. The Bertz CT molecular complexity index is 1170. The van der Waals surface area contributed by atoms with E-state index in [0.29, 0.717) is 12.8 Å². The Labute approximate surface area is 219 Å². The van der Waals surface area contributed by atoms with Crippen LogP contribution in [0, 0.1) is 0 Å². The van der Waals surface area contributed by atoms with Gasteiger partial charge in [0.15, 0.2) is 20.7 Å². The fourth-order valence-electron chi connectivity index (χ4n) is 3.96. The van der Waals surface area contributed by atoms with Crippen molar-refractivity contribution in [2.75, 3.05) is 24.3 Å². The number of carbonyl (C=O) groups is 3. The van der Waals surface area contributed by atoms with E-state index < -0.39 is 50.0 Å². The molecule has 4 rings (SSSR count). The number of anilines is 1. The summed E-state index contributed by atoms with van der Waals surface area (Å²) in [6.45, 7) is 0. The number of fused-ring (bicyclic) bond motifs is 1. The molecule has 16 heteroatoms. The van der Waals surface area contributed by atoms with Crippen LogP contribution in [0.25, 0.3) is 0 Å². The maximum atomic E-state index is 12.8. The van der Waals surface area contributed by atoms with Crippen molar-refractivity contribution in [3.05, 3.63) is 22.3 Å². The molecule has 0 radical (unpaired) electrons. The molecule has 0 bridgehead atoms. The van der Waals surface area contributed by atoms with Gasteiger partial charge in [-0.25, -0.2) is 13.4 Å². The van der Waals surface area contributed by atoms with Crippen molar-refractivity contribution in [2.24, 2.45) is 5.16 Å². The number of sulfone groups is 1. The van der Waals surface area contributed by atoms with Crippen LogP contribution in [-0.2, 0) is 29.1 Å². The van der Waals surface area contributed by atoms with Gasteiger partial charge in [0.25, 0.3) is 11.8 Å². The monoisotopic (exact) mass is 523 g/mol. The maximum Gasteiger partial charge on any atom is 1.00 e. The number of nitrogens with two attached hydrogens (primary N) is 1. The van der Waals surface area contributed by atoms with Crippen LogP contribution in [0.15, 0.2) is 21.8 Å². The summed E-state index contributed by atoms with van der Waals surface area (Å²) >= 11 is 2.27. The topological polar surface area (TPSA) is 184 Å². The zero-order valence-electron chi connectivity index (χ0n) is 17.6. The molecule has 2 amide bonds. The van der Waals surface area contributed by atoms with Crippen molar-refractivity contribution in [2.45, 2.75) is 29.5 Å². The molecule has 2 fully saturated rings. The SMILES string of the molecule is CO/N=C(\C(=O)N[C@@H]1C(=O)N2C(C(=O)[O-])=C(C3CCCS3(=O)=O)CS[C@H]12)c1csc(N)n1.[Na+]. The number of thiazole rings is 1. The molecule has 0 aromatic carbocycles. The van der Waals surface area contributed by atoms with Gasteiger partial charge in [-0.05, 0) is 18.4 Å². The van der Waals surface area contributed by atoms with Crippen molar-refractivity contribution in [1.82, 2.24) is 15.2 Å². The third kappa shape index (κ3) is 4.66. The standard InChI is InChI=1S/C17H19N5O7S3.Na/c1-29-21-10(8-6-31-17(18)19-8)13(23)20-11-14(24)22-12(16(25)26)7(5-30-15(11)22)9-3-2-4-32(9,27)28;/h6,9,11,15H,2-5H2,1H3,(H2,18,19)(H,20,23)(H,25,26);/q;+1/p-1/b21-10-;/t9?,11-,15-;/m1./s1. The van der Waals surface area contributed by atoms with E-state index in [2.05, 4.69) is 15.5 Å². The molecule has 3 atom stereocenters. The molecule has 3 N–H and O–H groups in total. The molecule has 3 aliphatic heterocycles. The molecule has 0 saturated carbocycles. The first-order chi connectivity index (χ1) is 15.2. The van der Waals surface area contributed by atoms with Gasteiger partial charge in [-0.15, -0.1) is 23.1 Å². The fraction of sp³-hybridized carbons (Fsp3) is 0.471. The van der Waals surface area contributed by atoms with Crippen molar-refractivity contribution < 1.29 is 62.3 Å². The molecule has 1 unspecified atom stereocenters. The Morgan fingerprint density at radius 2 is 2.15 bits per heavy atom. The summed E-state index contributed by atoms with van der Waals surface area (Å²) in [6, 6.07) is -1.04. The third-order valence-electron chi connectivity index (χ3n) is 5.36. The van der Waals surface area contributed by atoms with Crippen molar-refractivity contribution in [3.63, 3.8) is 0 Å². The van der Waals surface area contributed by atoms with Crippen molar-refractivity contribution in [3.8, 4) is 0 Å². The van der Waals surface area contributed by atoms with Crippen LogP contribution in [0.1, 0.15) is 18.5 Å². The van der Waals surface area contributed by atoms with E-state index in [1.807, 2.05) is 0 Å². The number of aliphatic carboxylic acids is 1. The van der Waals surface area contributed by atoms with Gasteiger partial charge in [0.1, 0.15) is 24.2 Å². The molecule has 1 aromatic rings. The average Bonchev–Trinajstić information content (AvgIpc) is 3.32. The van der Waals surface area contributed by atoms with Gasteiger partial charge in [0, 0.05) is 11.1 Å². The Morgan fingerprint density at radius 1 is 1.42 bits per heavy atom. The largest absolute Gasteiger partial charge is 1.00 e. The fourth-order valence-corrected chi connectivity index (χ4v) is 8.05. The smallest absolute Gasteiger partial charge is 0.543 e. The summed E-state index contributed by atoms with van der Waals surface area (Å²) in [7, 11) is -2.24. The molecule has 3 aliphatic rings. The van der Waals surface area contributed by atoms with E-state index in [9.17, 15) is 27.9 Å². The van der Waals surface area contributed by atoms with Crippen LogP contribution >= 0.6 is 23.1 Å². The second-order valence-corrected chi connectivity index (χ2v) is 11.5. The molecule has 1 aromatic heterocycles. The number of nitrogens with one attached hydrogen (secondary N) is 1. The number of nitrogens with zero attached hydrogens (tertiary/aromatic N) is 3. The average molecular weight is 524 g/mol. The molecule has 0 aliphatic carbocycles. The molecular weight excluding hydrogens is 505 g/mol. The van der Waals surface area contributed by atoms with E-state index in [4.69, 9.17) is 10.6 Å². The van der Waals surface area contributed by atoms with E-state index in [0.717, 1.165) is 16.2 Å². The zero-order valence-corrected chi connectivity index (χ0v) is 22.1. The second kappa shape index (κ2) is 9.92.